The van der Waals surface area contributed by atoms with E-state index in [-0.39, 0.29) is 0 Å². The SMILES string of the molecule is CCOCCCNC(=NC)NCc1ccnc(-n2cccn2)c1. The topological polar surface area (TPSA) is 76.4 Å². The summed E-state index contributed by atoms with van der Waals surface area (Å²) in [6.45, 7) is 5.02. The van der Waals surface area contributed by atoms with Crippen molar-refractivity contribution >= 4 is 5.96 Å². The quantitative estimate of drug-likeness (QED) is 0.437. The predicted octanol–water partition coefficient (Wildman–Crippen LogP) is 1.36. The molecule has 0 atom stereocenters. The van der Waals surface area contributed by atoms with Crippen LogP contribution in [-0.4, -0.2) is 47.5 Å². The maximum Gasteiger partial charge on any atom is 0.191 e. The zero-order valence-corrected chi connectivity index (χ0v) is 13.7. The summed E-state index contributed by atoms with van der Waals surface area (Å²) >= 11 is 0. The maximum absolute atomic E-state index is 5.31. The molecular weight excluding hydrogens is 292 g/mol. The molecule has 124 valence electrons. The summed E-state index contributed by atoms with van der Waals surface area (Å²) < 4.78 is 7.05. The van der Waals surface area contributed by atoms with Gasteiger partial charge in [0.05, 0.1) is 0 Å². The van der Waals surface area contributed by atoms with Gasteiger partial charge in [0.1, 0.15) is 0 Å². The average Bonchev–Trinajstić information content (AvgIpc) is 3.12. The minimum absolute atomic E-state index is 0.669. The molecule has 0 saturated carbocycles. The largest absolute Gasteiger partial charge is 0.382 e. The summed E-state index contributed by atoms with van der Waals surface area (Å²) in [5, 5.41) is 10.7. The third kappa shape index (κ3) is 5.71. The van der Waals surface area contributed by atoms with Crippen molar-refractivity contribution in [3.8, 4) is 5.82 Å². The van der Waals surface area contributed by atoms with Crippen molar-refractivity contribution in [3.63, 3.8) is 0 Å². The highest BCUT2D eigenvalue weighted by molar-refractivity contribution is 5.79. The monoisotopic (exact) mass is 316 g/mol. The second-order valence-corrected chi connectivity index (χ2v) is 4.88. The first-order valence-electron chi connectivity index (χ1n) is 7.80. The number of nitrogens with zero attached hydrogens (tertiary/aromatic N) is 4. The lowest BCUT2D eigenvalue weighted by molar-refractivity contribution is 0.145. The van der Waals surface area contributed by atoms with E-state index >= 15 is 0 Å². The Bertz CT molecular complexity index is 596. The maximum atomic E-state index is 5.31. The van der Waals surface area contributed by atoms with Gasteiger partial charge in [-0.3, -0.25) is 4.99 Å². The molecule has 7 heteroatoms. The van der Waals surface area contributed by atoms with Crippen molar-refractivity contribution in [2.24, 2.45) is 4.99 Å². The lowest BCUT2D eigenvalue weighted by atomic mass is 10.2. The first-order valence-corrected chi connectivity index (χ1v) is 7.80. The van der Waals surface area contributed by atoms with Gasteiger partial charge in [-0.05, 0) is 37.1 Å². The van der Waals surface area contributed by atoms with Gasteiger partial charge in [0.15, 0.2) is 11.8 Å². The molecule has 0 aromatic carbocycles. The van der Waals surface area contributed by atoms with Crippen LogP contribution in [0.15, 0.2) is 41.8 Å². The van der Waals surface area contributed by atoms with Gasteiger partial charge in [-0.2, -0.15) is 5.10 Å². The van der Waals surface area contributed by atoms with Crippen LogP contribution in [0.5, 0.6) is 0 Å². The number of ether oxygens (including phenoxy) is 1. The molecule has 0 aliphatic carbocycles. The molecule has 0 amide bonds. The van der Waals surface area contributed by atoms with Crippen LogP contribution >= 0.6 is 0 Å². The van der Waals surface area contributed by atoms with E-state index in [1.807, 2.05) is 31.3 Å². The zero-order chi connectivity index (χ0) is 16.3. The summed E-state index contributed by atoms with van der Waals surface area (Å²) in [7, 11) is 1.76. The summed E-state index contributed by atoms with van der Waals surface area (Å²) in [6.07, 6.45) is 6.35. The number of aromatic nitrogens is 3. The molecule has 0 unspecified atom stereocenters. The Balaban J connectivity index is 1.81. The molecule has 0 radical (unpaired) electrons. The number of hydrogen-bond donors (Lipinski definition) is 2. The fraction of sp³-hybridized carbons (Fsp3) is 0.438. The molecule has 2 rings (SSSR count). The number of pyridine rings is 1. The van der Waals surface area contributed by atoms with Crippen LogP contribution in [0, 0.1) is 0 Å². The van der Waals surface area contributed by atoms with E-state index in [9.17, 15) is 0 Å². The molecule has 0 bridgehead atoms. The second kappa shape index (κ2) is 9.58. The Kier molecular flexibility index (Phi) is 7.06. The molecule has 0 saturated heterocycles. The molecule has 2 aromatic rings. The molecule has 2 aromatic heterocycles. The lowest BCUT2D eigenvalue weighted by Gasteiger charge is -2.12. The normalized spacial score (nSPS) is 11.5. The fourth-order valence-electron chi connectivity index (χ4n) is 2.03. The van der Waals surface area contributed by atoms with Crippen LogP contribution in [0.3, 0.4) is 0 Å². The first-order chi connectivity index (χ1) is 11.3. The third-order valence-corrected chi connectivity index (χ3v) is 3.19. The van der Waals surface area contributed by atoms with E-state index < -0.39 is 0 Å². The van der Waals surface area contributed by atoms with Gasteiger partial charge in [0.2, 0.25) is 0 Å². The lowest BCUT2D eigenvalue weighted by Crippen LogP contribution is -2.37. The highest BCUT2D eigenvalue weighted by Crippen LogP contribution is 2.05. The van der Waals surface area contributed by atoms with Crippen molar-refractivity contribution in [2.45, 2.75) is 19.9 Å². The van der Waals surface area contributed by atoms with Crippen molar-refractivity contribution < 1.29 is 4.74 Å². The van der Waals surface area contributed by atoms with Crippen LogP contribution in [-0.2, 0) is 11.3 Å². The number of guanidine groups is 1. The van der Waals surface area contributed by atoms with Crippen molar-refractivity contribution in [3.05, 3.63) is 42.4 Å². The van der Waals surface area contributed by atoms with E-state index in [1.54, 1.807) is 24.1 Å². The second-order valence-electron chi connectivity index (χ2n) is 4.88. The summed E-state index contributed by atoms with van der Waals surface area (Å²) in [5.74, 6) is 1.58. The Morgan fingerprint density at radius 3 is 3.00 bits per heavy atom. The molecule has 2 N–H and O–H groups in total. The Morgan fingerprint density at radius 2 is 2.26 bits per heavy atom. The van der Waals surface area contributed by atoms with Crippen LogP contribution < -0.4 is 10.6 Å². The van der Waals surface area contributed by atoms with Gasteiger partial charge >= 0.3 is 0 Å². The molecular formula is C16H24N6O. The van der Waals surface area contributed by atoms with Gasteiger partial charge in [-0.25, -0.2) is 9.67 Å². The smallest absolute Gasteiger partial charge is 0.191 e. The first kappa shape index (κ1) is 17.0. The summed E-state index contributed by atoms with van der Waals surface area (Å²) in [4.78, 5) is 8.53. The standard InChI is InChI=1S/C16H24N6O/c1-3-23-11-5-7-19-16(17-2)20-13-14-6-9-18-15(12-14)22-10-4-8-21-22/h4,6,8-10,12H,3,5,7,11,13H2,1-2H3,(H2,17,19,20). The molecule has 0 aliphatic heterocycles. The van der Waals surface area contributed by atoms with Crippen molar-refractivity contribution in [2.75, 3.05) is 26.8 Å². The van der Waals surface area contributed by atoms with Gasteiger partial charge in [0.25, 0.3) is 0 Å². The van der Waals surface area contributed by atoms with E-state index in [0.29, 0.717) is 6.54 Å². The van der Waals surface area contributed by atoms with E-state index in [0.717, 1.165) is 43.5 Å². The Hall–Kier alpha value is -2.41. The van der Waals surface area contributed by atoms with Gasteiger partial charge in [-0.15, -0.1) is 0 Å². The fourth-order valence-corrected chi connectivity index (χ4v) is 2.03. The van der Waals surface area contributed by atoms with Crippen LogP contribution in [0.1, 0.15) is 18.9 Å². The van der Waals surface area contributed by atoms with Gasteiger partial charge < -0.3 is 15.4 Å². The minimum atomic E-state index is 0.669. The number of aliphatic imine (C=N–C) groups is 1. The third-order valence-electron chi connectivity index (χ3n) is 3.19. The van der Waals surface area contributed by atoms with Gasteiger partial charge in [-0.1, -0.05) is 0 Å². The number of nitrogens with one attached hydrogen (secondary N) is 2. The molecule has 23 heavy (non-hydrogen) atoms. The molecule has 0 spiro atoms. The Morgan fingerprint density at radius 1 is 1.35 bits per heavy atom. The molecule has 2 heterocycles. The molecule has 0 aliphatic rings. The van der Waals surface area contributed by atoms with Crippen molar-refractivity contribution in [1.29, 1.82) is 0 Å². The minimum Gasteiger partial charge on any atom is -0.382 e. The molecule has 0 fully saturated rings. The average molecular weight is 316 g/mol. The number of rotatable bonds is 8. The van der Waals surface area contributed by atoms with Crippen LogP contribution in [0.4, 0.5) is 0 Å². The van der Waals surface area contributed by atoms with Crippen molar-refractivity contribution in [1.82, 2.24) is 25.4 Å². The highest BCUT2D eigenvalue weighted by atomic mass is 16.5. The van der Waals surface area contributed by atoms with Crippen LogP contribution in [0.2, 0.25) is 0 Å². The van der Waals surface area contributed by atoms with E-state index in [2.05, 4.69) is 25.7 Å². The Labute approximate surface area is 136 Å². The molecule has 7 nitrogen and oxygen atoms in total. The highest BCUT2D eigenvalue weighted by Gasteiger charge is 2.02. The van der Waals surface area contributed by atoms with E-state index in [4.69, 9.17) is 4.74 Å². The van der Waals surface area contributed by atoms with E-state index in [1.165, 1.54) is 0 Å². The number of hydrogen-bond acceptors (Lipinski definition) is 4. The zero-order valence-electron chi connectivity index (χ0n) is 13.7. The predicted molar refractivity (Wildman–Crippen MR) is 90.7 cm³/mol. The summed E-state index contributed by atoms with van der Waals surface area (Å²) in [6, 6.07) is 5.85. The van der Waals surface area contributed by atoms with Gasteiger partial charge in [0, 0.05) is 51.9 Å². The summed E-state index contributed by atoms with van der Waals surface area (Å²) in [5.41, 5.74) is 1.11. The van der Waals surface area contributed by atoms with Crippen LogP contribution in [0.25, 0.3) is 5.82 Å².